The fraction of sp³-hybridized carbons (Fsp3) is 0.536. The molecule has 7 nitrogen and oxygen atoms in total. The molecule has 1 aromatic heterocycles. The molecule has 3 heterocycles. The van der Waals surface area contributed by atoms with Gasteiger partial charge in [0.05, 0.1) is 17.8 Å². The Morgan fingerprint density at radius 3 is 2.53 bits per heavy atom. The van der Waals surface area contributed by atoms with Crippen LogP contribution in [0.1, 0.15) is 66.6 Å². The predicted octanol–water partition coefficient (Wildman–Crippen LogP) is 3.73. The predicted molar refractivity (Wildman–Crippen MR) is 134 cm³/mol. The smallest absolute Gasteiger partial charge is 0.384 e. The molecule has 2 amide bonds. The average Bonchev–Trinajstić information content (AvgIpc) is 3.36. The van der Waals surface area contributed by atoms with Crippen LogP contribution in [0.5, 0.6) is 0 Å². The third-order valence-corrected chi connectivity index (χ3v) is 8.42. The molecular weight excluding hydrogens is 497 g/mol. The summed E-state index contributed by atoms with van der Waals surface area (Å²) in [6.45, 7) is 1.23. The zero-order chi connectivity index (χ0) is 26.9. The molecule has 2 atom stereocenters. The molecule has 2 aliphatic heterocycles. The van der Waals surface area contributed by atoms with E-state index in [1.807, 2.05) is 23.1 Å². The largest absolute Gasteiger partial charge is 0.416 e. The van der Waals surface area contributed by atoms with E-state index in [2.05, 4.69) is 15.2 Å². The summed E-state index contributed by atoms with van der Waals surface area (Å²) >= 11 is 0. The van der Waals surface area contributed by atoms with Crippen molar-refractivity contribution in [3.05, 3.63) is 65.5 Å². The number of carbonyl (C=O) groups excluding carboxylic acids is 2. The Morgan fingerprint density at radius 2 is 1.82 bits per heavy atom. The van der Waals surface area contributed by atoms with E-state index < -0.39 is 23.2 Å². The number of hydrogen-bond donors (Lipinski definition) is 2. The summed E-state index contributed by atoms with van der Waals surface area (Å²) < 4.78 is 38.9. The molecule has 1 saturated carbocycles. The van der Waals surface area contributed by atoms with Crippen LogP contribution in [0.4, 0.5) is 13.2 Å². The minimum atomic E-state index is -4.54. The third kappa shape index (κ3) is 5.42. The summed E-state index contributed by atoms with van der Waals surface area (Å²) in [7, 11) is 0. The second kappa shape index (κ2) is 10.6. The molecule has 2 N–H and O–H groups in total. The van der Waals surface area contributed by atoms with Crippen LogP contribution in [-0.2, 0) is 16.6 Å². The standard InChI is InChI=1S/C28H33F3N4O3/c29-28(30,31)20-6-3-5-19(17-20)26(37)33-18-25(36)35-15-4-7-22-23(35)11-16-34(22)21-9-12-27(38,13-10-21)24-8-1-2-14-32-24/h1-3,5-6,8,14,17,21-23,38H,4,7,9-13,15-16,18H2,(H,33,37). The van der Waals surface area contributed by atoms with E-state index in [0.29, 0.717) is 25.4 Å². The van der Waals surface area contributed by atoms with E-state index in [9.17, 15) is 27.9 Å². The summed E-state index contributed by atoms with van der Waals surface area (Å²) in [4.78, 5) is 34.3. The number of rotatable bonds is 5. The molecule has 0 radical (unpaired) electrons. The molecule has 10 heteroatoms. The first-order valence-electron chi connectivity index (χ1n) is 13.3. The zero-order valence-corrected chi connectivity index (χ0v) is 21.2. The molecular formula is C28H33F3N4O3. The lowest BCUT2D eigenvalue weighted by Crippen LogP contribution is -2.56. The Bertz CT molecular complexity index is 1150. The molecule has 38 heavy (non-hydrogen) atoms. The number of aromatic nitrogens is 1. The lowest BCUT2D eigenvalue weighted by atomic mass is 9.79. The number of carbonyl (C=O) groups is 2. The lowest BCUT2D eigenvalue weighted by Gasteiger charge is -2.45. The van der Waals surface area contributed by atoms with Crippen molar-refractivity contribution in [3.8, 4) is 0 Å². The number of nitrogens with zero attached hydrogens (tertiary/aromatic N) is 3. The molecule has 2 aromatic rings. The number of hydrogen-bond acceptors (Lipinski definition) is 5. The summed E-state index contributed by atoms with van der Waals surface area (Å²) in [6.07, 6.45) is 2.87. The monoisotopic (exact) mass is 530 g/mol. The summed E-state index contributed by atoms with van der Waals surface area (Å²) in [5.74, 6) is -0.913. The summed E-state index contributed by atoms with van der Waals surface area (Å²) in [6, 6.07) is 10.4. The van der Waals surface area contributed by atoms with Gasteiger partial charge in [0, 0.05) is 43.0 Å². The van der Waals surface area contributed by atoms with E-state index in [4.69, 9.17) is 0 Å². The van der Waals surface area contributed by atoms with Crippen LogP contribution >= 0.6 is 0 Å². The van der Waals surface area contributed by atoms with E-state index in [0.717, 1.165) is 56.5 Å². The van der Waals surface area contributed by atoms with Crippen LogP contribution in [0.3, 0.4) is 0 Å². The van der Waals surface area contributed by atoms with Crippen LogP contribution in [0.25, 0.3) is 0 Å². The van der Waals surface area contributed by atoms with Gasteiger partial charge >= 0.3 is 6.18 Å². The number of alkyl halides is 3. The average molecular weight is 531 g/mol. The quantitative estimate of drug-likeness (QED) is 0.616. The third-order valence-electron chi connectivity index (χ3n) is 8.42. The number of aliphatic hydroxyl groups is 1. The minimum Gasteiger partial charge on any atom is -0.384 e. The minimum absolute atomic E-state index is 0.0540. The topological polar surface area (TPSA) is 85.8 Å². The van der Waals surface area contributed by atoms with E-state index in [1.54, 1.807) is 6.20 Å². The number of piperidine rings is 1. The molecule has 5 rings (SSSR count). The first-order chi connectivity index (χ1) is 18.2. The first kappa shape index (κ1) is 26.6. The first-order valence-corrected chi connectivity index (χ1v) is 13.3. The van der Waals surface area contributed by atoms with Crippen molar-refractivity contribution >= 4 is 11.8 Å². The lowest BCUT2D eigenvalue weighted by molar-refractivity contribution is -0.137. The highest BCUT2D eigenvalue weighted by Gasteiger charge is 2.46. The maximum absolute atomic E-state index is 13.1. The van der Waals surface area contributed by atoms with Crippen LogP contribution < -0.4 is 5.32 Å². The van der Waals surface area contributed by atoms with E-state index >= 15 is 0 Å². The van der Waals surface area contributed by atoms with E-state index in [1.165, 1.54) is 12.1 Å². The molecule has 0 bridgehead atoms. The van der Waals surface area contributed by atoms with Crippen molar-refractivity contribution in [2.75, 3.05) is 19.6 Å². The maximum Gasteiger partial charge on any atom is 0.416 e. The van der Waals surface area contributed by atoms with Crippen molar-refractivity contribution in [2.24, 2.45) is 0 Å². The molecule has 1 aliphatic carbocycles. The van der Waals surface area contributed by atoms with Gasteiger partial charge in [-0.15, -0.1) is 0 Å². The van der Waals surface area contributed by atoms with Crippen molar-refractivity contribution in [1.29, 1.82) is 0 Å². The van der Waals surface area contributed by atoms with Crippen molar-refractivity contribution in [2.45, 2.75) is 74.8 Å². The Kier molecular flexibility index (Phi) is 7.46. The Balaban J connectivity index is 1.17. The van der Waals surface area contributed by atoms with E-state index in [-0.39, 0.29) is 30.1 Å². The summed E-state index contributed by atoms with van der Waals surface area (Å²) in [5.41, 5.74) is -1.20. The van der Waals surface area contributed by atoms with Gasteiger partial charge in [0.1, 0.15) is 5.60 Å². The van der Waals surface area contributed by atoms with Gasteiger partial charge in [-0.25, -0.2) is 0 Å². The number of halogens is 3. The van der Waals surface area contributed by atoms with Gasteiger partial charge < -0.3 is 15.3 Å². The highest BCUT2D eigenvalue weighted by molar-refractivity contribution is 5.96. The highest BCUT2D eigenvalue weighted by atomic mass is 19.4. The van der Waals surface area contributed by atoms with Crippen LogP contribution in [0, 0.1) is 0 Å². The van der Waals surface area contributed by atoms with Crippen molar-refractivity contribution < 1.29 is 27.9 Å². The number of fused-ring (bicyclic) bond motifs is 1. The second-order valence-electron chi connectivity index (χ2n) is 10.6. The molecule has 0 spiro atoms. The van der Waals surface area contributed by atoms with Gasteiger partial charge in [0.25, 0.3) is 5.91 Å². The summed E-state index contributed by atoms with van der Waals surface area (Å²) in [5, 5.41) is 13.7. The van der Waals surface area contributed by atoms with Crippen LogP contribution in [-0.4, -0.2) is 69.5 Å². The zero-order valence-electron chi connectivity index (χ0n) is 21.2. The fourth-order valence-corrected chi connectivity index (χ4v) is 6.48. The SMILES string of the molecule is O=C(NCC(=O)N1CCCC2C1CCN2C1CCC(O)(c2ccccn2)CC1)c1cccc(C(F)(F)F)c1. The molecule has 2 saturated heterocycles. The normalized spacial score (nSPS) is 28.1. The molecule has 204 valence electrons. The number of likely N-dealkylation sites (tertiary alicyclic amines) is 2. The van der Waals surface area contributed by atoms with Crippen molar-refractivity contribution in [3.63, 3.8) is 0 Å². The van der Waals surface area contributed by atoms with Gasteiger partial charge in [-0.3, -0.25) is 19.5 Å². The van der Waals surface area contributed by atoms with Crippen molar-refractivity contribution in [1.82, 2.24) is 20.1 Å². The fourth-order valence-electron chi connectivity index (χ4n) is 6.48. The number of pyridine rings is 1. The van der Waals surface area contributed by atoms with Crippen LogP contribution in [0.2, 0.25) is 0 Å². The Hall–Kier alpha value is -2.98. The van der Waals surface area contributed by atoms with Gasteiger partial charge in [0.15, 0.2) is 0 Å². The number of amides is 2. The van der Waals surface area contributed by atoms with Gasteiger partial charge in [-0.2, -0.15) is 13.2 Å². The van der Waals surface area contributed by atoms with Gasteiger partial charge in [0.2, 0.25) is 5.91 Å². The molecule has 3 fully saturated rings. The molecule has 1 aromatic carbocycles. The Morgan fingerprint density at radius 1 is 1.03 bits per heavy atom. The van der Waals surface area contributed by atoms with Gasteiger partial charge in [-0.05, 0) is 75.3 Å². The molecule has 3 aliphatic rings. The second-order valence-corrected chi connectivity index (χ2v) is 10.6. The number of benzene rings is 1. The molecule has 2 unspecified atom stereocenters. The maximum atomic E-state index is 13.1. The Labute approximate surface area is 220 Å². The van der Waals surface area contributed by atoms with Crippen LogP contribution in [0.15, 0.2) is 48.7 Å². The highest BCUT2D eigenvalue weighted by Crippen LogP contribution is 2.41. The van der Waals surface area contributed by atoms with Gasteiger partial charge in [-0.1, -0.05) is 12.1 Å². The number of nitrogens with one attached hydrogen (secondary N) is 1.